The number of benzene rings is 2. The van der Waals surface area contributed by atoms with Crippen molar-refractivity contribution in [3.63, 3.8) is 0 Å². The Hall–Kier alpha value is -4.18. The van der Waals surface area contributed by atoms with E-state index in [1.165, 1.54) is 23.5 Å². The second kappa shape index (κ2) is 12.1. The Morgan fingerprint density at radius 1 is 1.08 bits per heavy atom. The number of amides is 1. The van der Waals surface area contributed by atoms with E-state index in [9.17, 15) is 19.6 Å². The van der Waals surface area contributed by atoms with E-state index < -0.39 is 0 Å². The molecule has 9 nitrogen and oxygen atoms in total. The molecule has 4 aliphatic rings. The maximum Gasteiger partial charge on any atom is 0.236 e. The molecule has 48 heavy (non-hydrogen) atoms. The first-order valence-corrected chi connectivity index (χ1v) is 17.5. The van der Waals surface area contributed by atoms with Gasteiger partial charge in [0.05, 0.1) is 18.3 Å². The van der Waals surface area contributed by atoms with Gasteiger partial charge in [0.1, 0.15) is 28.0 Å². The van der Waals surface area contributed by atoms with Crippen molar-refractivity contribution >= 4 is 44.7 Å². The molecule has 1 amide bonds. The predicted octanol–water partition coefficient (Wildman–Crippen LogP) is 5.26. The largest absolute Gasteiger partial charge is 0.393 e. The van der Waals surface area contributed by atoms with Crippen LogP contribution >= 0.6 is 11.3 Å². The van der Waals surface area contributed by atoms with Gasteiger partial charge in [-0.3, -0.25) is 9.69 Å². The van der Waals surface area contributed by atoms with E-state index in [2.05, 4.69) is 15.9 Å². The maximum absolute atomic E-state index is 15.8. The molecule has 2 aliphatic carbocycles. The first-order chi connectivity index (χ1) is 23.2. The molecule has 1 spiro atoms. The molecule has 3 fully saturated rings. The number of nitrogens with zero attached hydrogens (tertiary/aromatic N) is 7. The van der Waals surface area contributed by atoms with Gasteiger partial charge < -0.3 is 19.8 Å². The number of carbonyl (C=O) groups is 1. The van der Waals surface area contributed by atoms with E-state index >= 15 is 4.39 Å². The second-order valence-corrected chi connectivity index (χ2v) is 14.8. The SMILES string of the molecule is CN(c1nc(-c2ccc(F)cc2)c(C#N)s1)c1c2c(nc3c(F)cc(N4CCN(CC(=O)N5CC6(CCC(O)CC6)C5)CC4)cc13)CC2. The lowest BCUT2D eigenvalue weighted by atomic mass is 9.68. The van der Waals surface area contributed by atoms with Crippen molar-refractivity contribution in [1.82, 2.24) is 19.8 Å². The predicted molar refractivity (Wildman–Crippen MR) is 182 cm³/mol. The van der Waals surface area contributed by atoms with Crippen molar-refractivity contribution in [3.8, 4) is 17.3 Å². The van der Waals surface area contributed by atoms with Gasteiger partial charge in [-0.1, -0.05) is 11.3 Å². The second-order valence-electron chi connectivity index (χ2n) is 13.8. The molecule has 0 bridgehead atoms. The van der Waals surface area contributed by atoms with Crippen molar-refractivity contribution in [3.05, 3.63) is 64.2 Å². The third kappa shape index (κ3) is 5.47. The Morgan fingerprint density at radius 3 is 2.48 bits per heavy atom. The van der Waals surface area contributed by atoms with Gasteiger partial charge in [0, 0.05) is 74.1 Å². The molecule has 8 rings (SSSR count). The normalized spacial score (nSPS) is 19.1. The number of halogens is 2. The number of pyridine rings is 1. The minimum atomic E-state index is -0.379. The lowest BCUT2D eigenvalue weighted by Crippen LogP contribution is -2.62. The van der Waals surface area contributed by atoms with Crippen LogP contribution in [0, 0.1) is 28.4 Å². The number of anilines is 3. The first kappa shape index (κ1) is 31.1. The number of hydrogen-bond donors (Lipinski definition) is 1. The van der Waals surface area contributed by atoms with Crippen LogP contribution in [0.3, 0.4) is 0 Å². The van der Waals surface area contributed by atoms with E-state index in [4.69, 9.17) is 9.97 Å². The number of aryl methyl sites for hydroxylation is 1. The van der Waals surface area contributed by atoms with Gasteiger partial charge >= 0.3 is 0 Å². The van der Waals surface area contributed by atoms with Crippen molar-refractivity contribution in [1.29, 1.82) is 5.26 Å². The molecular formula is C36H37F2N7O2S. The Bertz CT molecular complexity index is 1930. The van der Waals surface area contributed by atoms with Crippen molar-refractivity contribution in [2.24, 2.45) is 5.41 Å². The molecule has 12 heteroatoms. The fourth-order valence-electron chi connectivity index (χ4n) is 7.84. The zero-order valence-corrected chi connectivity index (χ0v) is 27.7. The number of aromatic nitrogens is 2. The van der Waals surface area contributed by atoms with E-state index in [-0.39, 0.29) is 29.1 Å². The van der Waals surface area contributed by atoms with E-state index in [0.717, 1.165) is 74.2 Å². The topological polar surface area (TPSA) is 99.8 Å². The van der Waals surface area contributed by atoms with Crippen LogP contribution in [0.4, 0.5) is 25.3 Å². The number of rotatable bonds is 6. The molecule has 2 aromatic heterocycles. The summed E-state index contributed by atoms with van der Waals surface area (Å²) in [5, 5.41) is 21.0. The van der Waals surface area contributed by atoms with Gasteiger partial charge in [-0.15, -0.1) is 0 Å². The van der Waals surface area contributed by atoms with Crippen LogP contribution in [0.1, 0.15) is 41.8 Å². The van der Waals surface area contributed by atoms with Crippen molar-refractivity contribution < 1.29 is 18.7 Å². The quantitative estimate of drug-likeness (QED) is 0.297. The van der Waals surface area contributed by atoms with Gasteiger partial charge in [0.15, 0.2) is 10.9 Å². The van der Waals surface area contributed by atoms with Gasteiger partial charge in [-0.05, 0) is 80.5 Å². The number of thiazole rings is 1. The average molecular weight is 670 g/mol. The summed E-state index contributed by atoms with van der Waals surface area (Å²) in [5.41, 5.74) is 5.22. The summed E-state index contributed by atoms with van der Waals surface area (Å²) in [7, 11) is 1.89. The number of aliphatic hydroxyl groups excluding tert-OH is 1. The third-order valence-electron chi connectivity index (χ3n) is 10.8. The van der Waals surface area contributed by atoms with E-state index in [1.807, 2.05) is 22.9 Å². The number of fused-ring (bicyclic) bond motifs is 2. The van der Waals surface area contributed by atoms with E-state index in [0.29, 0.717) is 64.9 Å². The monoisotopic (exact) mass is 669 g/mol. The summed E-state index contributed by atoms with van der Waals surface area (Å²) in [6.45, 7) is 4.74. The average Bonchev–Trinajstić information content (AvgIpc) is 3.50. The highest BCUT2D eigenvalue weighted by Gasteiger charge is 2.46. The zero-order chi connectivity index (χ0) is 33.2. The smallest absolute Gasteiger partial charge is 0.236 e. The van der Waals surface area contributed by atoms with Gasteiger partial charge in [-0.2, -0.15) is 5.26 Å². The first-order valence-electron chi connectivity index (χ1n) is 16.7. The number of aliphatic hydroxyl groups is 1. The molecule has 2 aliphatic heterocycles. The van der Waals surface area contributed by atoms with Crippen LogP contribution in [0.5, 0.6) is 0 Å². The minimum absolute atomic E-state index is 0.165. The summed E-state index contributed by atoms with van der Waals surface area (Å²) in [4.78, 5) is 31.2. The van der Waals surface area contributed by atoms with Gasteiger partial charge in [0.2, 0.25) is 5.91 Å². The van der Waals surface area contributed by atoms with Gasteiger partial charge in [-0.25, -0.2) is 18.7 Å². The highest BCUT2D eigenvalue weighted by molar-refractivity contribution is 7.16. The fourth-order valence-corrected chi connectivity index (χ4v) is 8.69. The molecule has 0 unspecified atom stereocenters. The molecule has 248 valence electrons. The van der Waals surface area contributed by atoms with Gasteiger partial charge in [0.25, 0.3) is 0 Å². The highest BCUT2D eigenvalue weighted by Crippen LogP contribution is 2.45. The number of likely N-dealkylation sites (tertiary alicyclic amines) is 1. The number of hydrogen-bond acceptors (Lipinski definition) is 9. The summed E-state index contributed by atoms with van der Waals surface area (Å²) in [6.07, 6.45) is 5.07. The summed E-state index contributed by atoms with van der Waals surface area (Å²) in [6, 6.07) is 11.8. The third-order valence-corrected chi connectivity index (χ3v) is 11.8. The number of piperazine rings is 1. The molecule has 4 heterocycles. The van der Waals surface area contributed by atoms with Crippen LogP contribution in [-0.4, -0.2) is 89.7 Å². The zero-order valence-electron chi connectivity index (χ0n) is 26.9. The highest BCUT2D eigenvalue weighted by atomic mass is 32.1. The minimum Gasteiger partial charge on any atom is -0.393 e. The molecule has 1 N–H and O–H groups in total. The standard InChI is InChI=1S/C36H37F2N7O2S/c1-42(35-41-32(30(18-39)48-35)22-2-4-23(37)5-3-22)34-26-6-7-29(26)40-33-27(34)16-24(17-28(33)38)44-14-12-43(13-15-44)19-31(47)45-20-36(21-45)10-8-25(46)9-11-36/h2-5,16-17,25,46H,6-15,19-21H2,1H3. The molecule has 0 radical (unpaired) electrons. The van der Waals surface area contributed by atoms with Crippen molar-refractivity contribution in [2.45, 2.75) is 44.6 Å². The number of nitriles is 1. The molecule has 1 saturated carbocycles. The Morgan fingerprint density at radius 2 is 1.81 bits per heavy atom. The molecule has 2 aromatic carbocycles. The lowest BCUT2D eigenvalue weighted by molar-refractivity contribution is -0.148. The molecular weight excluding hydrogens is 633 g/mol. The van der Waals surface area contributed by atoms with Crippen LogP contribution in [0.15, 0.2) is 36.4 Å². The molecule has 2 saturated heterocycles. The Balaban J connectivity index is 1.00. The summed E-state index contributed by atoms with van der Waals surface area (Å²) >= 11 is 1.25. The lowest BCUT2D eigenvalue weighted by Gasteiger charge is -2.53. The van der Waals surface area contributed by atoms with Crippen LogP contribution in [0.25, 0.3) is 22.2 Å². The Kier molecular flexibility index (Phi) is 7.81. The summed E-state index contributed by atoms with van der Waals surface area (Å²) < 4.78 is 29.4. The summed E-state index contributed by atoms with van der Waals surface area (Å²) in [5.74, 6) is -0.574. The van der Waals surface area contributed by atoms with Crippen LogP contribution in [-0.2, 0) is 17.6 Å². The maximum atomic E-state index is 15.8. The Labute approximate surface area is 282 Å². The molecule has 0 atom stereocenters. The number of carbonyl (C=O) groups excluding carboxylic acids is 1. The van der Waals surface area contributed by atoms with Crippen LogP contribution < -0.4 is 9.80 Å². The van der Waals surface area contributed by atoms with E-state index in [1.54, 1.807) is 18.2 Å². The van der Waals surface area contributed by atoms with Crippen molar-refractivity contribution in [2.75, 3.05) is 62.7 Å². The van der Waals surface area contributed by atoms with Crippen LogP contribution in [0.2, 0.25) is 0 Å². The fraction of sp³-hybridized carbons (Fsp3) is 0.444. The molecule has 4 aromatic rings.